The van der Waals surface area contributed by atoms with Crippen molar-refractivity contribution in [3.05, 3.63) is 71.8 Å². The number of carbonyl (C=O) groups is 13. The summed E-state index contributed by atoms with van der Waals surface area (Å²) >= 11 is 1.45. The summed E-state index contributed by atoms with van der Waals surface area (Å²) in [4.78, 5) is 185. The van der Waals surface area contributed by atoms with Crippen LogP contribution in [-0.4, -0.2) is 198 Å². The lowest BCUT2D eigenvalue weighted by atomic mass is 10.0. The molecule has 2 fully saturated rings. The van der Waals surface area contributed by atoms with E-state index in [9.17, 15) is 62.3 Å². The van der Waals surface area contributed by atoms with Crippen LogP contribution < -0.4 is 82.7 Å². The first-order chi connectivity index (χ1) is 45.2. The van der Waals surface area contributed by atoms with Gasteiger partial charge < -0.3 is 92.5 Å². The molecule has 32 heteroatoms. The van der Waals surface area contributed by atoms with Crippen molar-refractivity contribution >= 4 is 94.5 Å². The van der Waals surface area contributed by atoms with Crippen LogP contribution in [0.4, 0.5) is 0 Å². The predicted molar refractivity (Wildman–Crippen MR) is 356 cm³/mol. The fourth-order valence-electron chi connectivity index (χ4n) is 11.0. The fourth-order valence-corrected chi connectivity index (χ4v) is 11.5. The quantitative estimate of drug-likeness (QED) is 0.0173. The van der Waals surface area contributed by atoms with E-state index < -0.39 is 169 Å². The second-order valence-corrected chi connectivity index (χ2v) is 25.1. The largest absolute Gasteiger partial charge is 0.370 e. The number of unbranched alkanes of at least 4 members (excludes halogenated alkanes) is 1. The van der Waals surface area contributed by atoms with Crippen LogP contribution in [0.2, 0.25) is 0 Å². The van der Waals surface area contributed by atoms with Crippen molar-refractivity contribution in [3.8, 4) is 0 Å². The Bertz CT molecular complexity index is 2960. The molecule has 31 nitrogen and oxygen atoms in total. The van der Waals surface area contributed by atoms with Gasteiger partial charge in [0.15, 0.2) is 5.96 Å². The molecule has 2 aromatic carbocycles. The van der Waals surface area contributed by atoms with Crippen LogP contribution in [0.15, 0.2) is 65.7 Å². The summed E-state index contributed by atoms with van der Waals surface area (Å²) < 4.78 is 0. The number of rotatable bonds is 42. The number of hydrogen-bond acceptors (Lipinski definition) is 17. The van der Waals surface area contributed by atoms with Crippen LogP contribution >= 0.6 is 11.8 Å². The van der Waals surface area contributed by atoms with Crippen LogP contribution in [0.3, 0.4) is 0 Å². The number of nitrogens with two attached hydrogens (primary N) is 7. The van der Waals surface area contributed by atoms with E-state index in [-0.39, 0.29) is 83.0 Å². The molecular weight excluding hydrogens is 1250 g/mol. The van der Waals surface area contributed by atoms with Crippen molar-refractivity contribution in [2.24, 2.45) is 51.0 Å². The lowest BCUT2D eigenvalue weighted by Gasteiger charge is -2.32. The number of likely N-dealkylation sites (tertiary alicyclic amines) is 2. The number of benzene rings is 2. The standard InChI is InChI=1S/C63H98N18O13S/c1-37(2)33-45(57(89)74-41(53(68)85)27-32-95-3)73-52(84)36-72-54(86)46(34-38-15-6-4-7-16-38)78-58(90)47(35-39-17-8-5-9-18-39)79-56(88)42(23-25-50(66)82)75-55(87)43(24-26-51(67)83)76-59(91)49-22-14-31-81(49)62(94)44(20-10-11-28-64)77-60(92)48-21-13-30-80(48)61(93)40(65)19-12-29-71-63(69)70/h4-9,15-18,37,40-49H,10-14,19-36,64-65H2,1-3H3,(H2,66,82)(H2,67,83)(H2,68,85)(H,72,86)(H,73,84)(H,74,89)(H,75,87)(H,76,91)(H,77,92)(H,78,90)(H,79,88)(H4,69,70,71)/t40-,41+,42+,43-,44+,45-,46+,47+,48+,49+/m1/s1. The Balaban J connectivity index is 1.56. The van der Waals surface area contributed by atoms with Gasteiger partial charge in [0.05, 0.1) is 12.6 Å². The molecule has 0 spiro atoms. The number of thioether (sulfide) groups is 1. The summed E-state index contributed by atoms with van der Waals surface area (Å²) in [5.41, 5.74) is 40.6. The highest BCUT2D eigenvalue weighted by Gasteiger charge is 2.42. The van der Waals surface area contributed by atoms with Crippen LogP contribution in [-0.2, 0) is 75.2 Å². The average molecular weight is 1350 g/mol. The van der Waals surface area contributed by atoms with Crippen molar-refractivity contribution in [2.75, 3.05) is 44.7 Å². The van der Waals surface area contributed by atoms with Crippen LogP contribution in [0, 0.1) is 5.92 Å². The molecule has 0 aliphatic carbocycles. The first-order valence-electron chi connectivity index (χ1n) is 32.2. The Morgan fingerprint density at radius 3 is 1.51 bits per heavy atom. The summed E-state index contributed by atoms with van der Waals surface area (Å²) in [6.45, 7) is 3.86. The van der Waals surface area contributed by atoms with E-state index >= 15 is 0 Å². The number of nitrogens with one attached hydrogen (secondary N) is 8. The van der Waals surface area contributed by atoms with Crippen molar-refractivity contribution < 1.29 is 62.3 Å². The molecule has 0 saturated carbocycles. The molecule has 95 heavy (non-hydrogen) atoms. The van der Waals surface area contributed by atoms with Gasteiger partial charge in [0.25, 0.3) is 0 Å². The molecule has 2 saturated heterocycles. The summed E-state index contributed by atoms with van der Waals surface area (Å²) in [5.74, 6) is -9.80. The highest BCUT2D eigenvalue weighted by molar-refractivity contribution is 7.98. The van der Waals surface area contributed by atoms with Crippen LogP contribution in [0.5, 0.6) is 0 Å². The van der Waals surface area contributed by atoms with Crippen LogP contribution in [0.1, 0.15) is 121 Å². The Morgan fingerprint density at radius 1 is 0.537 bits per heavy atom. The van der Waals surface area contributed by atoms with Crippen molar-refractivity contribution in [1.82, 2.24) is 52.3 Å². The fraction of sp³-hybridized carbons (Fsp3) is 0.587. The summed E-state index contributed by atoms with van der Waals surface area (Å²) in [6.07, 6.45) is 3.12. The van der Waals surface area contributed by atoms with Gasteiger partial charge in [0.2, 0.25) is 76.8 Å². The molecule has 13 amide bonds. The molecule has 524 valence electrons. The molecule has 2 heterocycles. The Morgan fingerprint density at radius 2 is 1.01 bits per heavy atom. The first kappa shape index (κ1) is 78.5. The third kappa shape index (κ3) is 27.5. The van der Waals surface area contributed by atoms with Gasteiger partial charge in [-0.3, -0.25) is 67.3 Å². The lowest BCUT2D eigenvalue weighted by Crippen LogP contribution is -2.60. The van der Waals surface area contributed by atoms with Gasteiger partial charge in [0, 0.05) is 45.3 Å². The van der Waals surface area contributed by atoms with E-state index in [4.69, 9.17) is 40.1 Å². The molecule has 2 aromatic rings. The lowest BCUT2D eigenvalue weighted by molar-refractivity contribution is -0.144. The minimum absolute atomic E-state index is 0.0736. The number of primary amides is 3. The van der Waals surface area contributed by atoms with E-state index in [1.165, 1.54) is 21.6 Å². The molecule has 0 unspecified atom stereocenters. The Kier molecular flexibility index (Phi) is 33.9. The summed E-state index contributed by atoms with van der Waals surface area (Å²) in [5, 5.41) is 21.1. The number of carbonyl (C=O) groups excluding carboxylic acids is 13. The van der Waals surface area contributed by atoms with E-state index in [2.05, 4.69) is 47.5 Å². The molecule has 4 rings (SSSR count). The zero-order valence-corrected chi connectivity index (χ0v) is 55.3. The van der Waals surface area contributed by atoms with Gasteiger partial charge in [-0.15, -0.1) is 0 Å². The monoisotopic (exact) mass is 1350 g/mol. The maximum Gasteiger partial charge on any atom is 0.245 e. The SMILES string of the molecule is CSCC[C@H](NC(=O)[C@@H](CC(C)C)NC(=O)CNC(=O)[C@H](Cc1ccccc1)NC(=O)[C@H](Cc1ccccc1)NC(=O)[C@H](CCC(N)=O)NC(=O)[C@@H](CCC(N)=O)NC(=O)[C@@H]1CCCN1C(=O)[C@H](CCCCN)NC(=O)[C@@H]1CCCN1C(=O)[C@H](N)CCCN=C(N)N)C(N)=O. The third-order valence-corrected chi connectivity index (χ3v) is 16.7. The second-order valence-electron chi connectivity index (χ2n) is 24.1. The molecule has 22 N–H and O–H groups in total. The number of aliphatic imine (C=N–C) groups is 1. The summed E-state index contributed by atoms with van der Waals surface area (Å²) in [6, 6.07) is 4.51. The number of nitrogens with zero attached hydrogens (tertiary/aromatic N) is 3. The van der Waals surface area contributed by atoms with Gasteiger partial charge in [0.1, 0.15) is 54.4 Å². The molecule has 0 bridgehead atoms. The van der Waals surface area contributed by atoms with Gasteiger partial charge in [-0.1, -0.05) is 74.5 Å². The van der Waals surface area contributed by atoms with E-state index in [1.807, 2.05) is 20.1 Å². The molecule has 0 radical (unpaired) electrons. The molecule has 2 aliphatic rings. The number of amides is 13. The zero-order valence-electron chi connectivity index (χ0n) is 54.5. The van der Waals surface area contributed by atoms with Gasteiger partial charge in [-0.25, -0.2) is 0 Å². The van der Waals surface area contributed by atoms with Gasteiger partial charge in [-0.05, 0) is 119 Å². The molecule has 10 atom stereocenters. The molecule has 0 aromatic heterocycles. The van der Waals surface area contributed by atoms with Crippen LogP contribution in [0.25, 0.3) is 0 Å². The Labute approximate surface area is 558 Å². The van der Waals surface area contributed by atoms with Gasteiger partial charge >= 0.3 is 0 Å². The number of guanidine groups is 1. The molecule has 2 aliphatic heterocycles. The third-order valence-electron chi connectivity index (χ3n) is 16.0. The minimum atomic E-state index is -1.64. The maximum atomic E-state index is 14.7. The van der Waals surface area contributed by atoms with Crippen molar-refractivity contribution in [3.63, 3.8) is 0 Å². The predicted octanol–water partition coefficient (Wildman–Crippen LogP) is -3.71. The molecular formula is C63H98N18O13S. The summed E-state index contributed by atoms with van der Waals surface area (Å²) in [7, 11) is 0. The van der Waals surface area contributed by atoms with E-state index in [0.717, 1.165) is 0 Å². The average Bonchev–Trinajstić information content (AvgIpc) is 1.74. The Hall–Kier alpha value is -8.91. The van der Waals surface area contributed by atoms with E-state index in [1.54, 1.807) is 60.7 Å². The normalized spacial score (nSPS) is 16.8. The van der Waals surface area contributed by atoms with Crippen molar-refractivity contribution in [1.29, 1.82) is 0 Å². The topological polar surface area (TPSA) is 519 Å². The van der Waals surface area contributed by atoms with Crippen molar-refractivity contribution in [2.45, 2.75) is 183 Å². The minimum Gasteiger partial charge on any atom is -0.370 e. The zero-order chi connectivity index (χ0) is 70.1. The smallest absolute Gasteiger partial charge is 0.245 e. The highest BCUT2D eigenvalue weighted by Crippen LogP contribution is 2.24. The maximum absolute atomic E-state index is 14.7. The highest BCUT2D eigenvalue weighted by atomic mass is 32.2. The number of hydrogen-bond donors (Lipinski definition) is 15. The second kappa shape index (κ2) is 41.0. The van der Waals surface area contributed by atoms with Gasteiger partial charge in [-0.2, -0.15) is 11.8 Å². The first-order valence-corrected chi connectivity index (χ1v) is 33.6. The van der Waals surface area contributed by atoms with E-state index in [0.29, 0.717) is 55.4 Å².